The van der Waals surface area contributed by atoms with Crippen molar-refractivity contribution in [3.8, 4) is 28.7 Å². The van der Waals surface area contributed by atoms with E-state index < -0.39 is 0 Å². The highest BCUT2D eigenvalue weighted by Crippen LogP contribution is 2.53. The van der Waals surface area contributed by atoms with Crippen molar-refractivity contribution in [1.82, 2.24) is 0 Å². The number of methoxy groups -OCH3 is 3. The van der Waals surface area contributed by atoms with E-state index in [9.17, 15) is 0 Å². The summed E-state index contributed by atoms with van der Waals surface area (Å²) in [6.07, 6.45) is 1.10. The van der Waals surface area contributed by atoms with Crippen LogP contribution in [0.4, 0.5) is 0 Å². The Morgan fingerprint density at radius 2 is 1.61 bits per heavy atom. The van der Waals surface area contributed by atoms with Crippen molar-refractivity contribution in [3.63, 3.8) is 0 Å². The predicted molar refractivity (Wildman–Crippen MR) is 109 cm³/mol. The zero-order valence-corrected chi connectivity index (χ0v) is 17.1. The van der Waals surface area contributed by atoms with Crippen LogP contribution in [0.3, 0.4) is 0 Å². The monoisotopic (exact) mass is 400 g/mol. The van der Waals surface area contributed by atoms with Crippen LogP contribution in [0, 0.1) is 11.8 Å². The van der Waals surface area contributed by atoms with E-state index in [4.69, 9.17) is 23.7 Å². The lowest BCUT2D eigenvalue weighted by Gasteiger charge is -2.36. The van der Waals surface area contributed by atoms with Gasteiger partial charge in [0.1, 0.15) is 0 Å². The first-order valence-electron chi connectivity index (χ1n) is 9.53. The molecule has 3 atom stereocenters. The van der Waals surface area contributed by atoms with Gasteiger partial charge in [-0.2, -0.15) is 11.8 Å². The number of hydrogen-bond acceptors (Lipinski definition) is 6. The highest BCUT2D eigenvalue weighted by atomic mass is 32.2. The van der Waals surface area contributed by atoms with Gasteiger partial charge in [0.25, 0.3) is 0 Å². The SMILES string of the molecule is COc1cc([C@@H]2c3cc4c(cc3C[C@H]3CSC[C@@H]32)OCO4)cc(OC)c1OC. The van der Waals surface area contributed by atoms with Crippen LogP contribution in [0.1, 0.15) is 22.6 Å². The van der Waals surface area contributed by atoms with Crippen LogP contribution in [0.25, 0.3) is 0 Å². The molecular formula is C22H24O5S. The minimum Gasteiger partial charge on any atom is -0.493 e. The Labute approximate surface area is 169 Å². The van der Waals surface area contributed by atoms with Crippen molar-refractivity contribution in [2.24, 2.45) is 11.8 Å². The van der Waals surface area contributed by atoms with Crippen molar-refractivity contribution < 1.29 is 23.7 Å². The fraction of sp³-hybridized carbons (Fsp3) is 0.455. The van der Waals surface area contributed by atoms with E-state index in [0.29, 0.717) is 35.9 Å². The van der Waals surface area contributed by atoms with Gasteiger partial charge in [0, 0.05) is 5.92 Å². The number of benzene rings is 2. The molecule has 28 heavy (non-hydrogen) atoms. The molecule has 1 aliphatic carbocycles. The van der Waals surface area contributed by atoms with Crippen LogP contribution in [-0.4, -0.2) is 39.6 Å². The number of rotatable bonds is 4. The van der Waals surface area contributed by atoms with E-state index in [0.717, 1.165) is 17.9 Å². The molecule has 0 bridgehead atoms. The molecule has 0 spiro atoms. The molecule has 0 aromatic heterocycles. The summed E-state index contributed by atoms with van der Waals surface area (Å²) >= 11 is 2.05. The second-order valence-corrected chi connectivity index (χ2v) is 8.58. The smallest absolute Gasteiger partial charge is 0.231 e. The molecule has 1 saturated heterocycles. The number of hydrogen-bond donors (Lipinski definition) is 0. The first-order valence-corrected chi connectivity index (χ1v) is 10.7. The third-order valence-electron chi connectivity index (χ3n) is 6.17. The van der Waals surface area contributed by atoms with E-state index >= 15 is 0 Å². The van der Waals surface area contributed by atoms with Crippen molar-refractivity contribution in [2.75, 3.05) is 39.6 Å². The molecule has 148 valence electrons. The molecule has 6 heteroatoms. The third-order valence-corrected chi connectivity index (χ3v) is 7.46. The molecule has 5 rings (SSSR count). The number of thioether (sulfide) groups is 1. The number of fused-ring (bicyclic) bond motifs is 3. The average Bonchev–Trinajstić information content (AvgIpc) is 3.37. The zero-order valence-electron chi connectivity index (χ0n) is 16.3. The molecule has 2 aliphatic heterocycles. The van der Waals surface area contributed by atoms with Gasteiger partial charge < -0.3 is 23.7 Å². The van der Waals surface area contributed by atoms with Gasteiger partial charge in [-0.25, -0.2) is 0 Å². The third kappa shape index (κ3) is 2.69. The Morgan fingerprint density at radius 3 is 2.29 bits per heavy atom. The van der Waals surface area contributed by atoms with Crippen LogP contribution in [0.2, 0.25) is 0 Å². The van der Waals surface area contributed by atoms with Gasteiger partial charge in [0.05, 0.1) is 21.3 Å². The topological polar surface area (TPSA) is 46.2 Å². The minimum absolute atomic E-state index is 0.270. The predicted octanol–water partition coefficient (Wildman–Crippen LogP) is 4.11. The first kappa shape index (κ1) is 17.9. The Kier molecular flexibility index (Phi) is 4.46. The summed E-state index contributed by atoms with van der Waals surface area (Å²) in [5.74, 6) is 7.65. The lowest BCUT2D eigenvalue weighted by molar-refractivity contribution is 0.174. The molecule has 0 N–H and O–H groups in total. The van der Waals surface area contributed by atoms with Gasteiger partial charge in [0.15, 0.2) is 23.0 Å². The molecule has 0 unspecified atom stereocenters. The van der Waals surface area contributed by atoms with Crippen LogP contribution in [0.5, 0.6) is 28.7 Å². The maximum absolute atomic E-state index is 5.69. The standard InChI is InChI=1S/C22H24O5S/c1-23-19-6-13(7-20(24-2)22(19)25-3)21-15-8-18-17(26-11-27-18)5-12(15)4-14-9-28-10-16(14)21/h5-8,14,16,21H,4,9-11H2,1-3H3/t14-,16-,21+/m0/s1. The zero-order chi connectivity index (χ0) is 19.3. The van der Waals surface area contributed by atoms with Crippen molar-refractivity contribution >= 4 is 11.8 Å². The van der Waals surface area contributed by atoms with E-state index in [2.05, 4.69) is 36.0 Å². The van der Waals surface area contributed by atoms with E-state index in [1.165, 1.54) is 28.2 Å². The summed E-state index contributed by atoms with van der Waals surface area (Å²) in [5, 5.41) is 0. The fourth-order valence-corrected chi connectivity index (χ4v) is 6.42. The highest BCUT2D eigenvalue weighted by molar-refractivity contribution is 7.99. The molecule has 0 radical (unpaired) electrons. The first-order chi connectivity index (χ1) is 13.7. The quantitative estimate of drug-likeness (QED) is 0.770. The van der Waals surface area contributed by atoms with Gasteiger partial charge >= 0.3 is 0 Å². The van der Waals surface area contributed by atoms with Crippen molar-refractivity contribution in [2.45, 2.75) is 12.3 Å². The molecular weight excluding hydrogens is 376 g/mol. The lowest BCUT2D eigenvalue weighted by atomic mass is 9.68. The normalized spacial score (nSPS) is 24.5. The van der Waals surface area contributed by atoms with E-state index in [1.807, 2.05) is 0 Å². The van der Waals surface area contributed by atoms with Crippen LogP contribution in [0.15, 0.2) is 24.3 Å². The number of ether oxygens (including phenoxy) is 5. The Hall–Kier alpha value is -2.21. The lowest BCUT2D eigenvalue weighted by Crippen LogP contribution is -2.29. The Balaban J connectivity index is 1.68. The fourth-order valence-electron chi connectivity index (χ4n) is 4.88. The molecule has 1 fully saturated rings. The summed E-state index contributed by atoms with van der Waals surface area (Å²) in [7, 11) is 4.98. The molecule has 2 aromatic rings. The Bertz CT molecular complexity index is 887. The van der Waals surface area contributed by atoms with Gasteiger partial charge in [0.2, 0.25) is 12.5 Å². The molecule has 0 saturated carbocycles. The molecule has 2 aromatic carbocycles. The second-order valence-electron chi connectivity index (χ2n) is 7.51. The van der Waals surface area contributed by atoms with Crippen LogP contribution < -0.4 is 23.7 Å². The summed E-state index contributed by atoms with van der Waals surface area (Å²) in [6, 6.07) is 8.57. The van der Waals surface area contributed by atoms with Gasteiger partial charge in [-0.1, -0.05) is 0 Å². The summed E-state index contributed by atoms with van der Waals surface area (Å²) < 4.78 is 28.1. The maximum atomic E-state index is 5.69. The molecule has 0 amide bonds. The largest absolute Gasteiger partial charge is 0.493 e. The highest BCUT2D eigenvalue weighted by Gasteiger charge is 2.42. The average molecular weight is 400 g/mol. The molecule has 5 nitrogen and oxygen atoms in total. The van der Waals surface area contributed by atoms with E-state index in [1.54, 1.807) is 21.3 Å². The van der Waals surface area contributed by atoms with Gasteiger partial charge in [-0.05, 0) is 70.7 Å². The van der Waals surface area contributed by atoms with Crippen molar-refractivity contribution in [1.29, 1.82) is 0 Å². The van der Waals surface area contributed by atoms with Crippen LogP contribution in [-0.2, 0) is 6.42 Å². The molecule has 2 heterocycles. The summed E-state index contributed by atoms with van der Waals surface area (Å²) in [4.78, 5) is 0. The second kappa shape index (κ2) is 6.99. The summed E-state index contributed by atoms with van der Waals surface area (Å²) in [6.45, 7) is 0.301. The van der Waals surface area contributed by atoms with Crippen molar-refractivity contribution in [3.05, 3.63) is 41.0 Å². The van der Waals surface area contributed by atoms with Gasteiger partial charge in [-0.15, -0.1) is 0 Å². The molecule has 3 aliphatic rings. The minimum atomic E-state index is 0.270. The Morgan fingerprint density at radius 1 is 0.893 bits per heavy atom. The van der Waals surface area contributed by atoms with Crippen LogP contribution >= 0.6 is 11.8 Å². The van der Waals surface area contributed by atoms with Gasteiger partial charge in [-0.3, -0.25) is 0 Å². The summed E-state index contributed by atoms with van der Waals surface area (Å²) in [5.41, 5.74) is 3.90. The van der Waals surface area contributed by atoms with E-state index in [-0.39, 0.29) is 5.92 Å². The maximum Gasteiger partial charge on any atom is 0.231 e.